The molecule has 0 aromatic heterocycles. The average molecular weight is 355 g/mol. The van der Waals surface area contributed by atoms with E-state index in [2.05, 4.69) is 4.72 Å². The maximum atomic E-state index is 12.6. The Morgan fingerprint density at radius 1 is 0.840 bits per heavy atom. The van der Waals surface area contributed by atoms with Crippen molar-refractivity contribution in [2.45, 2.75) is 11.4 Å². The molecule has 1 heterocycles. The third-order valence-electron chi connectivity index (χ3n) is 4.10. The summed E-state index contributed by atoms with van der Waals surface area (Å²) >= 11 is 0. The summed E-state index contributed by atoms with van der Waals surface area (Å²) in [7, 11) is -3.59. The molecule has 0 fully saturated rings. The standard InChI is InChI=1S/C19H17NO4S/c21-25(22,17-7-6-15-3-1-2-4-16(15)12-17)20-13-14-5-8-18-19(11-14)24-10-9-23-18/h1-8,11-12,20H,9-10,13H2. The van der Waals surface area contributed by atoms with E-state index in [0.717, 1.165) is 16.3 Å². The lowest BCUT2D eigenvalue weighted by atomic mass is 10.1. The molecule has 3 aromatic carbocycles. The molecule has 1 aliphatic rings. The molecule has 0 radical (unpaired) electrons. The maximum absolute atomic E-state index is 12.6. The van der Waals surface area contributed by atoms with Crippen LogP contribution in [0.15, 0.2) is 65.6 Å². The molecule has 6 heteroatoms. The number of ether oxygens (including phenoxy) is 2. The molecule has 0 atom stereocenters. The van der Waals surface area contributed by atoms with Gasteiger partial charge in [-0.3, -0.25) is 0 Å². The van der Waals surface area contributed by atoms with E-state index in [1.807, 2.05) is 36.4 Å². The van der Waals surface area contributed by atoms with E-state index in [9.17, 15) is 8.42 Å². The lowest BCUT2D eigenvalue weighted by molar-refractivity contribution is 0.171. The Hall–Kier alpha value is -2.57. The van der Waals surface area contributed by atoms with Crippen LogP contribution in [-0.4, -0.2) is 21.6 Å². The summed E-state index contributed by atoms with van der Waals surface area (Å²) in [5, 5.41) is 1.90. The largest absolute Gasteiger partial charge is 0.486 e. The number of nitrogens with one attached hydrogen (secondary N) is 1. The molecule has 0 amide bonds. The van der Waals surface area contributed by atoms with Gasteiger partial charge in [0, 0.05) is 6.54 Å². The lowest BCUT2D eigenvalue weighted by Crippen LogP contribution is -2.23. The van der Waals surface area contributed by atoms with Crippen molar-refractivity contribution in [1.29, 1.82) is 0 Å². The van der Waals surface area contributed by atoms with E-state index in [4.69, 9.17) is 9.47 Å². The van der Waals surface area contributed by atoms with Crippen LogP contribution in [0.25, 0.3) is 10.8 Å². The van der Waals surface area contributed by atoms with E-state index < -0.39 is 10.0 Å². The lowest BCUT2D eigenvalue weighted by Gasteiger charge is -2.19. The van der Waals surface area contributed by atoms with Gasteiger partial charge in [0.05, 0.1) is 4.90 Å². The number of hydrogen-bond acceptors (Lipinski definition) is 4. The van der Waals surface area contributed by atoms with Gasteiger partial charge in [-0.25, -0.2) is 13.1 Å². The van der Waals surface area contributed by atoms with Crippen molar-refractivity contribution in [3.8, 4) is 11.5 Å². The Balaban J connectivity index is 1.54. The van der Waals surface area contributed by atoms with Gasteiger partial charge in [0.2, 0.25) is 10.0 Å². The first-order valence-electron chi connectivity index (χ1n) is 7.99. The minimum atomic E-state index is -3.59. The Morgan fingerprint density at radius 2 is 1.60 bits per heavy atom. The molecule has 128 valence electrons. The molecule has 0 spiro atoms. The van der Waals surface area contributed by atoms with Crippen LogP contribution < -0.4 is 14.2 Å². The van der Waals surface area contributed by atoms with Gasteiger partial charge in [-0.2, -0.15) is 0 Å². The molecule has 0 saturated carbocycles. The van der Waals surface area contributed by atoms with Crippen molar-refractivity contribution >= 4 is 20.8 Å². The molecular formula is C19H17NO4S. The number of hydrogen-bond donors (Lipinski definition) is 1. The smallest absolute Gasteiger partial charge is 0.240 e. The molecule has 25 heavy (non-hydrogen) atoms. The van der Waals surface area contributed by atoms with E-state index in [0.29, 0.717) is 24.7 Å². The monoisotopic (exact) mass is 355 g/mol. The number of benzene rings is 3. The van der Waals surface area contributed by atoms with Crippen molar-refractivity contribution in [1.82, 2.24) is 4.72 Å². The zero-order valence-electron chi connectivity index (χ0n) is 13.4. The van der Waals surface area contributed by atoms with Gasteiger partial charge in [-0.05, 0) is 40.6 Å². The fourth-order valence-corrected chi connectivity index (χ4v) is 3.85. The van der Waals surface area contributed by atoms with Crippen LogP contribution in [0.1, 0.15) is 5.56 Å². The van der Waals surface area contributed by atoms with Crippen LogP contribution in [-0.2, 0) is 16.6 Å². The highest BCUT2D eigenvalue weighted by Crippen LogP contribution is 2.30. The van der Waals surface area contributed by atoms with E-state index in [1.165, 1.54) is 0 Å². The predicted octanol–water partition coefficient (Wildman–Crippen LogP) is 3.09. The van der Waals surface area contributed by atoms with Crippen LogP contribution in [0.3, 0.4) is 0 Å². The van der Waals surface area contributed by atoms with Gasteiger partial charge in [-0.1, -0.05) is 36.4 Å². The van der Waals surface area contributed by atoms with Crippen molar-refractivity contribution < 1.29 is 17.9 Å². The Labute approximate surface area is 146 Å². The number of rotatable bonds is 4. The second kappa shape index (κ2) is 6.38. The Bertz CT molecular complexity index is 1030. The highest BCUT2D eigenvalue weighted by molar-refractivity contribution is 7.89. The van der Waals surface area contributed by atoms with Gasteiger partial charge in [-0.15, -0.1) is 0 Å². The zero-order valence-corrected chi connectivity index (χ0v) is 14.3. The van der Waals surface area contributed by atoms with E-state index in [-0.39, 0.29) is 11.4 Å². The Morgan fingerprint density at radius 3 is 2.44 bits per heavy atom. The van der Waals surface area contributed by atoms with E-state index >= 15 is 0 Å². The topological polar surface area (TPSA) is 64.6 Å². The fourth-order valence-electron chi connectivity index (χ4n) is 2.79. The molecule has 1 aliphatic heterocycles. The summed E-state index contributed by atoms with van der Waals surface area (Å²) in [6, 6.07) is 18.2. The fraction of sp³-hybridized carbons (Fsp3) is 0.158. The van der Waals surface area contributed by atoms with Crippen molar-refractivity contribution in [3.63, 3.8) is 0 Å². The van der Waals surface area contributed by atoms with Crippen LogP contribution >= 0.6 is 0 Å². The average Bonchev–Trinajstić information content (AvgIpc) is 2.66. The van der Waals surface area contributed by atoms with Gasteiger partial charge in [0.1, 0.15) is 13.2 Å². The highest BCUT2D eigenvalue weighted by atomic mass is 32.2. The van der Waals surface area contributed by atoms with Crippen molar-refractivity contribution in [2.75, 3.05) is 13.2 Å². The SMILES string of the molecule is O=S(=O)(NCc1ccc2c(c1)OCCO2)c1ccc2ccccc2c1. The third kappa shape index (κ3) is 3.31. The highest BCUT2D eigenvalue weighted by Gasteiger charge is 2.16. The molecule has 0 unspecified atom stereocenters. The van der Waals surface area contributed by atoms with Gasteiger partial charge in [0.15, 0.2) is 11.5 Å². The van der Waals surface area contributed by atoms with Gasteiger partial charge >= 0.3 is 0 Å². The number of sulfonamides is 1. The van der Waals surface area contributed by atoms with E-state index in [1.54, 1.807) is 24.3 Å². The molecule has 5 nitrogen and oxygen atoms in total. The summed E-state index contributed by atoms with van der Waals surface area (Å²) in [6.45, 7) is 1.21. The van der Waals surface area contributed by atoms with Gasteiger partial charge < -0.3 is 9.47 Å². The summed E-state index contributed by atoms with van der Waals surface area (Å²) < 4.78 is 38.8. The minimum Gasteiger partial charge on any atom is -0.486 e. The normalized spacial score (nSPS) is 13.8. The van der Waals surface area contributed by atoms with Crippen LogP contribution in [0.5, 0.6) is 11.5 Å². The van der Waals surface area contributed by atoms with Crippen LogP contribution in [0.4, 0.5) is 0 Å². The molecular weight excluding hydrogens is 338 g/mol. The molecule has 1 N–H and O–H groups in total. The summed E-state index contributed by atoms with van der Waals surface area (Å²) in [5.41, 5.74) is 0.814. The van der Waals surface area contributed by atoms with Crippen LogP contribution in [0, 0.1) is 0 Å². The second-order valence-corrected chi connectivity index (χ2v) is 7.58. The summed E-state index contributed by atoms with van der Waals surface area (Å²) in [6.07, 6.45) is 0. The third-order valence-corrected chi connectivity index (χ3v) is 5.50. The predicted molar refractivity (Wildman–Crippen MR) is 95.4 cm³/mol. The van der Waals surface area contributed by atoms with Crippen LogP contribution in [0.2, 0.25) is 0 Å². The molecule has 0 saturated heterocycles. The summed E-state index contributed by atoms with van der Waals surface area (Å²) in [4.78, 5) is 0.253. The van der Waals surface area contributed by atoms with Crippen molar-refractivity contribution in [2.24, 2.45) is 0 Å². The first-order chi connectivity index (χ1) is 12.1. The summed E-state index contributed by atoms with van der Waals surface area (Å²) in [5.74, 6) is 1.33. The minimum absolute atomic E-state index is 0.186. The quantitative estimate of drug-likeness (QED) is 0.781. The Kier molecular flexibility index (Phi) is 4.07. The van der Waals surface area contributed by atoms with Gasteiger partial charge in [0.25, 0.3) is 0 Å². The first kappa shape index (κ1) is 15.9. The molecule has 3 aromatic rings. The number of fused-ring (bicyclic) bond motifs is 2. The van der Waals surface area contributed by atoms with Crippen molar-refractivity contribution in [3.05, 3.63) is 66.2 Å². The first-order valence-corrected chi connectivity index (χ1v) is 9.47. The molecule has 4 rings (SSSR count). The zero-order chi connectivity index (χ0) is 17.3. The second-order valence-electron chi connectivity index (χ2n) is 5.81. The molecule has 0 bridgehead atoms. The maximum Gasteiger partial charge on any atom is 0.240 e. The molecule has 0 aliphatic carbocycles.